The molecular formula is C19H21N3O3. The predicted octanol–water partition coefficient (Wildman–Crippen LogP) is 2.51. The number of fused-ring (bicyclic) bond motifs is 4. The van der Waals surface area contributed by atoms with Crippen LogP contribution >= 0.6 is 0 Å². The van der Waals surface area contributed by atoms with Crippen LogP contribution in [0.4, 0.5) is 10.5 Å². The standard InChI is InChI=1S/C19H21N3O3/c1-25-17-7-3-2-5-15(17)20-19(24)21-10-13-9-14(12-21)16-6-4-8-18(23)22(16)11-13/h2-8,13-14H,9-12H2,1H3,(H,20,24)/t13-,14+/m0/s1. The van der Waals surface area contributed by atoms with E-state index in [1.54, 1.807) is 13.2 Å². The number of anilines is 1. The number of nitrogens with zero attached hydrogens (tertiary/aromatic N) is 2. The first kappa shape index (κ1) is 15.7. The minimum absolute atomic E-state index is 0.0547. The molecule has 2 atom stereocenters. The Morgan fingerprint density at radius 2 is 1.96 bits per heavy atom. The lowest BCUT2D eigenvalue weighted by molar-refractivity contribution is 0.139. The summed E-state index contributed by atoms with van der Waals surface area (Å²) >= 11 is 0. The summed E-state index contributed by atoms with van der Waals surface area (Å²) in [5.74, 6) is 1.17. The average Bonchev–Trinajstić information content (AvgIpc) is 2.63. The van der Waals surface area contributed by atoms with Gasteiger partial charge in [0.25, 0.3) is 5.56 Å². The van der Waals surface area contributed by atoms with Gasteiger partial charge in [-0.25, -0.2) is 4.79 Å². The van der Waals surface area contributed by atoms with Crippen LogP contribution in [0.25, 0.3) is 0 Å². The summed E-state index contributed by atoms with van der Waals surface area (Å²) in [6.45, 7) is 1.98. The van der Waals surface area contributed by atoms with Crippen LogP contribution in [-0.4, -0.2) is 35.7 Å². The monoisotopic (exact) mass is 339 g/mol. The Kier molecular flexibility index (Phi) is 3.95. The van der Waals surface area contributed by atoms with E-state index >= 15 is 0 Å². The van der Waals surface area contributed by atoms with Crippen LogP contribution in [0, 0.1) is 5.92 Å². The van der Waals surface area contributed by atoms with Crippen molar-refractivity contribution in [2.45, 2.75) is 18.9 Å². The highest BCUT2D eigenvalue weighted by molar-refractivity contribution is 5.91. The van der Waals surface area contributed by atoms with Crippen molar-refractivity contribution in [3.8, 4) is 5.75 Å². The molecule has 25 heavy (non-hydrogen) atoms. The molecule has 0 saturated carbocycles. The van der Waals surface area contributed by atoms with Gasteiger partial charge < -0.3 is 19.5 Å². The van der Waals surface area contributed by atoms with E-state index in [1.165, 1.54) is 0 Å². The molecule has 0 aliphatic carbocycles. The summed E-state index contributed by atoms with van der Waals surface area (Å²) in [5, 5.41) is 2.95. The number of ether oxygens (including phenoxy) is 1. The predicted molar refractivity (Wildman–Crippen MR) is 95.1 cm³/mol. The van der Waals surface area contributed by atoms with Crippen molar-refractivity contribution in [3.05, 3.63) is 58.5 Å². The van der Waals surface area contributed by atoms with E-state index in [2.05, 4.69) is 5.32 Å². The van der Waals surface area contributed by atoms with Gasteiger partial charge in [0.05, 0.1) is 12.8 Å². The lowest BCUT2D eigenvalue weighted by Gasteiger charge is -2.42. The van der Waals surface area contributed by atoms with E-state index in [1.807, 2.05) is 45.9 Å². The molecule has 2 aliphatic heterocycles. The number of pyridine rings is 1. The molecule has 3 heterocycles. The lowest BCUT2D eigenvalue weighted by Crippen LogP contribution is -2.50. The third-order valence-corrected chi connectivity index (χ3v) is 5.12. The molecule has 2 amide bonds. The molecule has 1 aromatic carbocycles. The molecule has 1 fully saturated rings. The quantitative estimate of drug-likeness (QED) is 0.914. The largest absolute Gasteiger partial charge is 0.495 e. The van der Waals surface area contributed by atoms with Crippen molar-refractivity contribution in [1.82, 2.24) is 9.47 Å². The number of likely N-dealkylation sites (tertiary alicyclic amines) is 1. The summed E-state index contributed by atoms with van der Waals surface area (Å²) in [6, 6.07) is 12.7. The number of carbonyl (C=O) groups is 1. The van der Waals surface area contributed by atoms with Crippen LogP contribution in [0.15, 0.2) is 47.3 Å². The summed E-state index contributed by atoms with van der Waals surface area (Å²) < 4.78 is 7.17. The fourth-order valence-corrected chi connectivity index (χ4v) is 4.00. The number of para-hydroxylation sites is 2. The van der Waals surface area contributed by atoms with Crippen molar-refractivity contribution in [2.24, 2.45) is 5.92 Å². The number of urea groups is 1. The summed E-state index contributed by atoms with van der Waals surface area (Å²) in [7, 11) is 1.59. The first-order valence-corrected chi connectivity index (χ1v) is 8.54. The third-order valence-electron chi connectivity index (χ3n) is 5.12. The van der Waals surface area contributed by atoms with E-state index in [4.69, 9.17) is 4.74 Å². The van der Waals surface area contributed by atoms with Crippen LogP contribution < -0.4 is 15.6 Å². The second-order valence-corrected chi connectivity index (χ2v) is 6.73. The van der Waals surface area contributed by atoms with Gasteiger partial charge in [-0.05, 0) is 30.5 Å². The molecule has 4 rings (SSSR count). The Morgan fingerprint density at radius 1 is 1.12 bits per heavy atom. The van der Waals surface area contributed by atoms with E-state index < -0.39 is 0 Å². The Morgan fingerprint density at radius 3 is 2.80 bits per heavy atom. The van der Waals surface area contributed by atoms with Crippen molar-refractivity contribution in [3.63, 3.8) is 0 Å². The normalized spacial score (nSPS) is 21.4. The number of nitrogens with one attached hydrogen (secondary N) is 1. The van der Waals surface area contributed by atoms with E-state index in [0.29, 0.717) is 37.0 Å². The van der Waals surface area contributed by atoms with Crippen molar-refractivity contribution < 1.29 is 9.53 Å². The van der Waals surface area contributed by atoms with Crippen molar-refractivity contribution in [2.75, 3.05) is 25.5 Å². The first-order valence-electron chi connectivity index (χ1n) is 8.54. The minimum Gasteiger partial charge on any atom is -0.495 e. The van der Waals surface area contributed by atoms with Gasteiger partial charge in [-0.2, -0.15) is 0 Å². The molecule has 2 bridgehead atoms. The molecule has 6 heteroatoms. The van der Waals surface area contributed by atoms with Crippen LogP contribution in [0.2, 0.25) is 0 Å². The van der Waals surface area contributed by atoms with Crippen LogP contribution in [0.3, 0.4) is 0 Å². The number of hydrogen-bond acceptors (Lipinski definition) is 3. The average molecular weight is 339 g/mol. The third kappa shape index (κ3) is 2.88. The maximum atomic E-state index is 12.7. The SMILES string of the molecule is COc1ccccc1NC(=O)N1C[C@@H]2C[C@H](C1)c1cccc(=O)n1C2. The van der Waals surface area contributed by atoms with Gasteiger partial charge in [0.1, 0.15) is 5.75 Å². The Balaban J connectivity index is 1.54. The number of methoxy groups -OCH3 is 1. The fourth-order valence-electron chi connectivity index (χ4n) is 4.00. The molecule has 0 unspecified atom stereocenters. The maximum Gasteiger partial charge on any atom is 0.321 e. The summed E-state index contributed by atoms with van der Waals surface area (Å²) in [4.78, 5) is 26.7. The molecule has 1 N–H and O–H groups in total. The molecule has 2 aromatic rings. The number of benzene rings is 1. The molecule has 0 spiro atoms. The van der Waals surface area contributed by atoms with E-state index in [9.17, 15) is 9.59 Å². The van der Waals surface area contributed by atoms with Gasteiger partial charge in [0.15, 0.2) is 0 Å². The Hall–Kier alpha value is -2.76. The lowest BCUT2D eigenvalue weighted by atomic mass is 9.83. The van der Waals surface area contributed by atoms with Crippen molar-refractivity contribution in [1.29, 1.82) is 0 Å². The summed E-state index contributed by atoms with van der Waals surface area (Å²) in [6.07, 6.45) is 1.03. The zero-order chi connectivity index (χ0) is 17.4. The van der Waals surface area contributed by atoms with Crippen LogP contribution in [-0.2, 0) is 6.54 Å². The van der Waals surface area contributed by atoms with E-state index in [-0.39, 0.29) is 17.5 Å². The molecule has 1 aromatic heterocycles. The number of aromatic nitrogens is 1. The van der Waals surface area contributed by atoms with Gasteiger partial charge >= 0.3 is 6.03 Å². The number of amides is 2. The molecule has 0 radical (unpaired) electrons. The van der Waals surface area contributed by atoms with Gasteiger partial charge in [-0.1, -0.05) is 18.2 Å². The molecular weight excluding hydrogens is 318 g/mol. The zero-order valence-electron chi connectivity index (χ0n) is 14.1. The Labute approximate surface area is 146 Å². The fraction of sp³-hybridized carbons (Fsp3) is 0.368. The topological polar surface area (TPSA) is 63.6 Å². The highest BCUT2D eigenvalue weighted by atomic mass is 16.5. The van der Waals surface area contributed by atoms with Gasteiger partial charge in [-0.15, -0.1) is 0 Å². The number of hydrogen-bond donors (Lipinski definition) is 1. The molecule has 1 saturated heterocycles. The smallest absolute Gasteiger partial charge is 0.321 e. The summed E-state index contributed by atoms with van der Waals surface area (Å²) in [5.41, 5.74) is 1.76. The highest BCUT2D eigenvalue weighted by Crippen LogP contribution is 2.35. The number of carbonyl (C=O) groups excluding carboxylic acids is 1. The number of rotatable bonds is 2. The maximum absolute atomic E-state index is 12.7. The minimum atomic E-state index is -0.120. The van der Waals surface area contributed by atoms with E-state index in [0.717, 1.165) is 12.1 Å². The molecule has 130 valence electrons. The second kappa shape index (κ2) is 6.27. The van der Waals surface area contributed by atoms with Crippen LogP contribution in [0.1, 0.15) is 18.0 Å². The van der Waals surface area contributed by atoms with Crippen LogP contribution in [0.5, 0.6) is 5.75 Å². The highest BCUT2D eigenvalue weighted by Gasteiger charge is 2.36. The Bertz CT molecular complexity index is 861. The molecule has 2 aliphatic rings. The van der Waals surface area contributed by atoms with Crippen molar-refractivity contribution >= 4 is 11.7 Å². The molecule has 6 nitrogen and oxygen atoms in total. The second-order valence-electron chi connectivity index (χ2n) is 6.73. The van der Waals surface area contributed by atoms with Gasteiger partial charge in [-0.3, -0.25) is 4.79 Å². The van der Waals surface area contributed by atoms with Gasteiger partial charge in [0, 0.05) is 37.3 Å². The zero-order valence-corrected chi connectivity index (χ0v) is 14.1. The first-order chi connectivity index (χ1) is 12.2. The number of piperidine rings is 1. The van der Waals surface area contributed by atoms with Gasteiger partial charge in [0.2, 0.25) is 0 Å².